The Balaban J connectivity index is 1.50. The van der Waals surface area contributed by atoms with Crippen molar-refractivity contribution >= 4 is 23.6 Å². The number of likely N-dealkylation sites (N-methyl/N-ethyl adjacent to an activating group) is 1. The van der Waals surface area contributed by atoms with E-state index in [4.69, 9.17) is 38.4 Å². The molecule has 3 aromatic rings. The van der Waals surface area contributed by atoms with Crippen LogP contribution < -0.4 is 24.3 Å². The van der Waals surface area contributed by atoms with E-state index in [1.54, 1.807) is 57.5 Å². The second kappa shape index (κ2) is 21.3. The zero-order valence-electron chi connectivity index (χ0n) is 35.5. The number of hydrogen-bond acceptors (Lipinski definition) is 12. The molecule has 14 heteroatoms. The molecule has 328 valence electrons. The van der Waals surface area contributed by atoms with E-state index in [1.807, 2.05) is 36.4 Å². The quantitative estimate of drug-likeness (QED) is 0.0570. The van der Waals surface area contributed by atoms with Crippen molar-refractivity contribution in [2.45, 2.75) is 76.2 Å². The molecule has 3 N–H and O–H groups in total. The fourth-order valence-corrected chi connectivity index (χ4v) is 9.05. The monoisotopic (exact) mass is 841 g/mol. The molecule has 6 unspecified atom stereocenters. The van der Waals surface area contributed by atoms with Gasteiger partial charge in [-0.2, -0.15) is 0 Å². The van der Waals surface area contributed by atoms with Crippen molar-refractivity contribution in [1.82, 2.24) is 4.90 Å². The molecule has 14 nitrogen and oxygen atoms in total. The molecule has 2 amide bonds. The minimum Gasteiger partial charge on any atom is -0.497 e. The maximum atomic E-state index is 13.7. The highest BCUT2D eigenvalue weighted by Gasteiger charge is 2.65. The van der Waals surface area contributed by atoms with Gasteiger partial charge in [-0.1, -0.05) is 60.5 Å². The fraction of sp³-hybridized carbons (Fsp3) is 0.468. The molecule has 0 spiro atoms. The number of benzene rings is 3. The smallest absolute Gasteiger partial charge is 0.417 e. The summed E-state index contributed by atoms with van der Waals surface area (Å²) in [7, 11) is 4.73. The summed E-state index contributed by atoms with van der Waals surface area (Å²) in [4.78, 5) is 34.8. The molecule has 2 aliphatic carbocycles. The molecule has 1 saturated carbocycles. The second-order valence-corrected chi connectivity index (χ2v) is 15.4. The lowest BCUT2D eigenvalue weighted by atomic mass is 9.55. The maximum Gasteiger partial charge on any atom is 0.417 e. The SMILES string of the molecule is C=CCOC12Oc3ccc(OC(=O)Nc4ccc(OC)cc4OC)cc3C3C(CCCCO)C(CCCCO)C=C(C(=NOCc4ccccc4)CC1N(C)C(=O)OCC)C32. The Bertz CT molecular complexity index is 2020. The van der Waals surface area contributed by atoms with Crippen LogP contribution in [0.3, 0.4) is 0 Å². The van der Waals surface area contributed by atoms with Gasteiger partial charge in [-0.05, 0) is 85.9 Å². The van der Waals surface area contributed by atoms with Crippen molar-refractivity contribution in [2.75, 3.05) is 53.0 Å². The van der Waals surface area contributed by atoms with E-state index in [9.17, 15) is 19.8 Å². The van der Waals surface area contributed by atoms with Gasteiger partial charge in [0.1, 0.15) is 35.6 Å². The average molecular weight is 842 g/mol. The Labute approximate surface area is 358 Å². The van der Waals surface area contributed by atoms with Gasteiger partial charge >= 0.3 is 12.2 Å². The normalized spacial score (nSPS) is 23.0. The van der Waals surface area contributed by atoms with Gasteiger partial charge in [0.25, 0.3) is 0 Å². The summed E-state index contributed by atoms with van der Waals surface area (Å²) in [5.41, 5.74) is 3.67. The van der Waals surface area contributed by atoms with Crippen molar-refractivity contribution in [3.63, 3.8) is 0 Å². The van der Waals surface area contributed by atoms with Gasteiger partial charge < -0.3 is 48.4 Å². The van der Waals surface area contributed by atoms with Crippen molar-refractivity contribution in [3.05, 3.63) is 102 Å². The predicted octanol–water partition coefficient (Wildman–Crippen LogP) is 8.24. The lowest BCUT2D eigenvalue weighted by Crippen LogP contribution is -2.69. The van der Waals surface area contributed by atoms with Crippen LogP contribution in [0.4, 0.5) is 15.3 Å². The number of aliphatic hydroxyl groups excluding tert-OH is 2. The molecule has 1 heterocycles. The number of fused-ring (bicyclic) bond motifs is 2. The molecule has 3 aliphatic rings. The molecular formula is C47H59N3O11. The zero-order valence-corrected chi connectivity index (χ0v) is 35.5. The molecule has 6 atom stereocenters. The number of anilines is 1. The molecule has 0 radical (unpaired) electrons. The molecule has 3 aromatic carbocycles. The highest BCUT2D eigenvalue weighted by Crippen LogP contribution is 2.62. The third kappa shape index (κ3) is 10.1. The maximum absolute atomic E-state index is 13.7. The van der Waals surface area contributed by atoms with Crippen LogP contribution in [0.5, 0.6) is 23.0 Å². The van der Waals surface area contributed by atoms with Crippen LogP contribution >= 0.6 is 0 Å². The van der Waals surface area contributed by atoms with Crippen LogP contribution in [0, 0.1) is 17.8 Å². The van der Waals surface area contributed by atoms with Gasteiger partial charge in [0, 0.05) is 44.2 Å². The summed E-state index contributed by atoms with van der Waals surface area (Å²) in [6, 6.07) is 19.3. The number of methoxy groups -OCH3 is 2. The number of unbranched alkanes of at least 4 members (excludes halogenated alkanes) is 2. The molecule has 0 saturated heterocycles. The molecule has 0 aromatic heterocycles. The zero-order chi connectivity index (χ0) is 43.4. The first kappa shape index (κ1) is 45.0. The number of nitrogens with one attached hydrogen (secondary N) is 1. The Morgan fingerprint density at radius 3 is 2.44 bits per heavy atom. The minimum atomic E-state index is -1.45. The van der Waals surface area contributed by atoms with Gasteiger partial charge in [0.2, 0.25) is 5.79 Å². The number of hydrogen-bond donors (Lipinski definition) is 3. The van der Waals surface area contributed by atoms with Gasteiger partial charge in [-0.25, -0.2) is 9.59 Å². The molecule has 0 bridgehead atoms. The number of aliphatic hydroxyl groups is 2. The van der Waals surface area contributed by atoms with Crippen LogP contribution in [0.15, 0.2) is 96.2 Å². The van der Waals surface area contributed by atoms with Crippen LogP contribution in [-0.4, -0.2) is 92.5 Å². The van der Waals surface area contributed by atoms with Crippen LogP contribution in [-0.2, 0) is 20.9 Å². The number of amides is 2. The lowest BCUT2D eigenvalue weighted by Gasteiger charge is -2.59. The first-order chi connectivity index (χ1) is 29.7. The highest BCUT2D eigenvalue weighted by atomic mass is 16.7. The summed E-state index contributed by atoms with van der Waals surface area (Å²) < 4.78 is 36.3. The molecule has 1 aliphatic heterocycles. The molecule has 6 rings (SSSR count). The van der Waals surface area contributed by atoms with E-state index >= 15 is 0 Å². The van der Waals surface area contributed by atoms with Gasteiger partial charge in [-0.15, -0.1) is 6.58 Å². The largest absolute Gasteiger partial charge is 0.497 e. The van der Waals surface area contributed by atoms with E-state index in [2.05, 4.69) is 18.0 Å². The first-order valence-corrected chi connectivity index (χ1v) is 21.1. The number of carbonyl (C=O) groups excluding carboxylic acids is 2. The Morgan fingerprint density at radius 1 is 0.984 bits per heavy atom. The highest BCUT2D eigenvalue weighted by molar-refractivity contribution is 6.03. The van der Waals surface area contributed by atoms with E-state index in [0.717, 1.165) is 42.4 Å². The number of carbonyl (C=O) groups is 2. The third-order valence-corrected chi connectivity index (χ3v) is 11.8. The van der Waals surface area contributed by atoms with Crippen molar-refractivity contribution in [3.8, 4) is 23.0 Å². The second-order valence-electron chi connectivity index (χ2n) is 15.4. The summed E-state index contributed by atoms with van der Waals surface area (Å²) >= 11 is 0. The Hall–Kier alpha value is -5.57. The van der Waals surface area contributed by atoms with E-state index in [-0.39, 0.29) is 63.0 Å². The summed E-state index contributed by atoms with van der Waals surface area (Å²) in [6.07, 6.45) is 7.18. The predicted molar refractivity (Wildman–Crippen MR) is 230 cm³/mol. The number of nitrogens with zero attached hydrogens (tertiary/aromatic N) is 2. The van der Waals surface area contributed by atoms with Crippen LogP contribution in [0.25, 0.3) is 0 Å². The Kier molecular flexibility index (Phi) is 15.7. The number of ether oxygens (including phenoxy) is 6. The van der Waals surface area contributed by atoms with Gasteiger partial charge in [0.05, 0.1) is 44.8 Å². The van der Waals surface area contributed by atoms with E-state index in [0.29, 0.717) is 41.5 Å². The van der Waals surface area contributed by atoms with Crippen molar-refractivity contribution in [1.29, 1.82) is 0 Å². The van der Waals surface area contributed by atoms with Crippen LogP contribution in [0.1, 0.15) is 68.9 Å². The summed E-state index contributed by atoms with van der Waals surface area (Å²) in [5, 5.41) is 27.4. The minimum absolute atomic E-state index is 0.0126. The molecule has 61 heavy (non-hydrogen) atoms. The van der Waals surface area contributed by atoms with Crippen LogP contribution in [0.2, 0.25) is 0 Å². The topological polar surface area (TPSA) is 167 Å². The number of rotatable bonds is 20. The van der Waals surface area contributed by atoms with E-state index in [1.165, 1.54) is 12.0 Å². The number of oxime groups is 1. The van der Waals surface area contributed by atoms with Gasteiger partial charge in [0.15, 0.2) is 0 Å². The summed E-state index contributed by atoms with van der Waals surface area (Å²) in [6.45, 7) is 6.37. The Morgan fingerprint density at radius 2 is 1.74 bits per heavy atom. The van der Waals surface area contributed by atoms with Crippen molar-refractivity contribution < 1.29 is 53.1 Å². The number of allylic oxidation sites excluding steroid dienone is 1. The lowest BCUT2D eigenvalue weighted by molar-refractivity contribution is -0.253. The first-order valence-electron chi connectivity index (χ1n) is 21.1. The molecule has 1 fully saturated rings. The van der Waals surface area contributed by atoms with Gasteiger partial charge in [-0.3, -0.25) is 5.32 Å². The standard InChI is InChI=1S/C47H59N3O11/c1-6-25-58-47-42(50(3)46(54)57-7-2)29-39(49-59-30-31-15-9-8-10-16-31)36-26-32(17-11-13-23-51)35(18-12-14-24-52)43(44(36)47)37-27-34(20-22-40(37)61-47)60-45(53)48-38-21-19-33(55-4)28-41(38)56-5/h6,8-10,15-16,19-22,26-28,32,35,42-44,51-52H,1,7,11-14,17-18,23-25,29-30H2,2-5H3,(H,48,53). The third-order valence-electron chi connectivity index (χ3n) is 11.8. The molecular weight excluding hydrogens is 783 g/mol. The fourth-order valence-electron chi connectivity index (χ4n) is 9.05. The average Bonchev–Trinajstić information content (AvgIpc) is 3.27. The van der Waals surface area contributed by atoms with Crippen molar-refractivity contribution in [2.24, 2.45) is 22.9 Å². The van der Waals surface area contributed by atoms with E-state index < -0.39 is 29.9 Å². The summed E-state index contributed by atoms with van der Waals surface area (Å²) in [5.74, 6) is -0.573.